The molecule has 0 spiro atoms. The van der Waals surface area contributed by atoms with Gasteiger partial charge in [-0.1, -0.05) is 0 Å². The van der Waals surface area contributed by atoms with Crippen molar-refractivity contribution in [3.63, 3.8) is 0 Å². The molecule has 0 fully saturated rings. The van der Waals surface area contributed by atoms with Crippen LogP contribution < -0.4 is 11.1 Å². The third kappa shape index (κ3) is 3.54. The second-order valence-electron chi connectivity index (χ2n) is 5.90. The number of nitrogens with zero attached hydrogens (tertiary/aromatic N) is 4. The molecule has 0 aliphatic carbocycles. The van der Waals surface area contributed by atoms with Crippen LogP contribution in [0.4, 0.5) is 11.4 Å². The van der Waals surface area contributed by atoms with E-state index >= 15 is 0 Å². The van der Waals surface area contributed by atoms with Crippen LogP contribution in [0.2, 0.25) is 0 Å². The molecular formula is C17H14N6O3S. The van der Waals surface area contributed by atoms with Gasteiger partial charge in [0.15, 0.2) is 15.5 Å². The molecule has 3 rings (SSSR count). The minimum Gasteiger partial charge on any atom is -0.364 e. The van der Waals surface area contributed by atoms with E-state index in [0.717, 1.165) is 6.26 Å². The fourth-order valence-electron chi connectivity index (χ4n) is 2.57. The first-order valence-corrected chi connectivity index (χ1v) is 9.53. The van der Waals surface area contributed by atoms with Gasteiger partial charge in [-0.15, -0.1) is 10.2 Å². The van der Waals surface area contributed by atoms with Crippen molar-refractivity contribution in [1.29, 1.82) is 5.26 Å². The van der Waals surface area contributed by atoms with Crippen molar-refractivity contribution in [2.24, 2.45) is 5.73 Å². The van der Waals surface area contributed by atoms with Gasteiger partial charge in [-0.25, -0.2) is 8.42 Å². The first-order valence-electron chi connectivity index (χ1n) is 7.64. The summed E-state index contributed by atoms with van der Waals surface area (Å²) in [4.78, 5) is 15.9. The summed E-state index contributed by atoms with van der Waals surface area (Å²) in [5.41, 5.74) is 7.15. The number of rotatable bonds is 4. The fraction of sp³-hybridized carbons (Fsp3) is 0.118. The third-order valence-corrected chi connectivity index (χ3v) is 4.92. The van der Waals surface area contributed by atoms with Crippen LogP contribution in [0.1, 0.15) is 21.6 Å². The average molecular weight is 382 g/mol. The minimum atomic E-state index is -3.50. The molecule has 0 saturated carbocycles. The molecule has 136 valence electrons. The third-order valence-electron chi connectivity index (χ3n) is 3.83. The molecule has 0 radical (unpaired) electrons. The number of benzene rings is 1. The first kappa shape index (κ1) is 18.2. The molecule has 0 saturated heterocycles. The maximum Gasteiger partial charge on any atom is 0.271 e. The van der Waals surface area contributed by atoms with Crippen molar-refractivity contribution in [3.8, 4) is 6.07 Å². The van der Waals surface area contributed by atoms with Gasteiger partial charge in [0.05, 0.1) is 33.5 Å². The molecular weight excluding hydrogens is 368 g/mol. The summed E-state index contributed by atoms with van der Waals surface area (Å²) in [5, 5.41) is 20.2. The highest BCUT2D eigenvalue weighted by Gasteiger charge is 2.19. The Morgan fingerprint density at radius 2 is 1.96 bits per heavy atom. The lowest BCUT2D eigenvalue weighted by Crippen LogP contribution is -2.17. The van der Waals surface area contributed by atoms with Crippen LogP contribution in [-0.2, 0) is 9.84 Å². The Kier molecular flexibility index (Phi) is 4.47. The molecule has 3 N–H and O–H groups in total. The largest absolute Gasteiger partial charge is 0.364 e. The number of hydrogen-bond acceptors (Lipinski definition) is 8. The quantitative estimate of drug-likeness (QED) is 0.688. The molecule has 0 bridgehead atoms. The van der Waals surface area contributed by atoms with Crippen molar-refractivity contribution in [1.82, 2.24) is 15.2 Å². The van der Waals surface area contributed by atoms with E-state index in [1.807, 2.05) is 6.07 Å². The van der Waals surface area contributed by atoms with Crippen LogP contribution >= 0.6 is 0 Å². The molecule has 9 nitrogen and oxygen atoms in total. The van der Waals surface area contributed by atoms with E-state index < -0.39 is 15.7 Å². The summed E-state index contributed by atoms with van der Waals surface area (Å²) < 4.78 is 24.0. The summed E-state index contributed by atoms with van der Waals surface area (Å²) in [5.74, 6) is -0.835. The summed E-state index contributed by atoms with van der Waals surface area (Å²) >= 11 is 0. The zero-order valence-electron chi connectivity index (χ0n) is 14.4. The Hall–Kier alpha value is -3.58. The number of anilines is 2. The van der Waals surface area contributed by atoms with E-state index in [0.29, 0.717) is 27.7 Å². The molecule has 27 heavy (non-hydrogen) atoms. The Morgan fingerprint density at radius 1 is 1.22 bits per heavy atom. The highest BCUT2D eigenvalue weighted by molar-refractivity contribution is 7.90. The number of fused-ring (bicyclic) bond motifs is 1. The van der Waals surface area contributed by atoms with Gasteiger partial charge < -0.3 is 11.1 Å². The van der Waals surface area contributed by atoms with Gasteiger partial charge >= 0.3 is 0 Å². The maximum atomic E-state index is 12.0. The second kappa shape index (κ2) is 6.62. The molecule has 1 amide bonds. The predicted octanol–water partition coefficient (Wildman–Crippen LogP) is 1.45. The van der Waals surface area contributed by atoms with E-state index in [1.54, 1.807) is 6.92 Å². The van der Waals surface area contributed by atoms with Crippen LogP contribution in [0.5, 0.6) is 0 Å². The lowest BCUT2D eigenvalue weighted by atomic mass is 10.1. The Morgan fingerprint density at radius 3 is 2.59 bits per heavy atom. The van der Waals surface area contributed by atoms with E-state index in [-0.39, 0.29) is 16.3 Å². The van der Waals surface area contributed by atoms with E-state index in [1.165, 1.54) is 30.6 Å². The van der Waals surface area contributed by atoms with Crippen molar-refractivity contribution >= 4 is 38.0 Å². The number of amides is 1. The van der Waals surface area contributed by atoms with Crippen molar-refractivity contribution in [2.75, 3.05) is 11.6 Å². The second-order valence-corrected chi connectivity index (χ2v) is 7.91. The molecule has 10 heteroatoms. The predicted molar refractivity (Wildman–Crippen MR) is 98.1 cm³/mol. The summed E-state index contributed by atoms with van der Waals surface area (Å²) in [7, 11) is -3.50. The van der Waals surface area contributed by atoms with E-state index in [2.05, 4.69) is 20.5 Å². The zero-order valence-corrected chi connectivity index (χ0v) is 15.2. The van der Waals surface area contributed by atoms with Gasteiger partial charge in [-0.3, -0.25) is 9.78 Å². The lowest BCUT2D eigenvalue weighted by molar-refractivity contribution is 0.0995. The smallest absolute Gasteiger partial charge is 0.271 e. The van der Waals surface area contributed by atoms with Crippen LogP contribution in [0, 0.1) is 18.3 Å². The number of nitrogens with two attached hydrogens (primary N) is 1. The summed E-state index contributed by atoms with van der Waals surface area (Å²) in [6.07, 6.45) is 3.92. The van der Waals surface area contributed by atoms with Crippen LogP contribution in [0.15, 0.2) is 35.5 Å². The highest BCUT2D eigenvalue weighted by atomic mass is 32.2. The Balaban J connectivity index is 2.33. The van der Waals surface area contributed by atoms with Gasteiger partial charge in [0, 0.05) is 17.8 Å². The molecule has 0 unspecified atom stereocenters. The van der Waals surface area contributed by atoms with Gasteiger partial charge in [-0.05, 0) is 30.7 Å². The number of primary amides is 1. The number of pyridine rings is 1. The summed E-state index contributed by atoms with van der Waals surface area (Å²) in [6.45, 7) is 1.69. The standard InChI is InChI=1S/C17H14N6O3S/c1-9-3-12(27(2,25)26)5-13-14(9)22-23-16(17(19)24)15(13)21-11-4-10(6-18)7-20-8-11/h3-5,7-8H,1-2H3,(H2,19,24)(H,21,22). The number of sulfone groups is 1. The summed E-state index contributed by atoms with van der Waals surface area (Å²) in [6, 6.07) is 6.38. The molecule has 2 heterocycles. The van der Waals surface area contributed by atoms with Gasteiger partial charge in [0.1, 0.15) is 6.07 Å². The number of carbonyl (C=O) groups excluding carboxylic acids is 1. The van der Waals surface area contributed by atoms with E-state index in [9.17, 15) is 13.2 Å². The van der Waals surface area contributed by atoms with Crippen LogP contribution in [0.3, 0.4) is 0 Å². The van der Waals surface area contributed by atoms with E-state index in [4.69, 9.17) is 11.0 Å². The van der Waals surface area contributed by atoms with Crippen molar-refractivity contribution < 1.29 is 13.2 Å². The number of nitrogens with one attached hydrogen (secondary N) is 1. The highest BCUT2D eigenvalue weighted by Crippen LogP contribution is 2.31. The van der Waals surface area contributed by atoms with Crippen LogP contribution in [0.25, 0.3) is 10.9 Å². The number of aryl methyl sites for hydroxylation is 1. The maximum absolute atomic E-state index is 12.0. The lowest BCUT2D eigenvalue weighted by Gasteiger charge is -2.14. The monoisotopic (exact) mass is 382 g/mol. The van der Waals surface area contributed by atoms with Crippen LogP contribution in [-0.4, -0.2) is 35.8 Å². The first-order chi connectivity index (χ1) is 12.7. The zero-order chi connectivity index (χ0) is 19.8. The van der Waals surface area contributed by atoms with Crippen molar-refractivity contribution in [3.05, 3.63) is 47.4 Å². The fourth-order valence-corrected chi connectivity index (χ4v) is 3.30. The number of hydrogen-bond donors (Lipinski definition) is 2. The van der Waals surface area contributed by atoms with Gasteiger partial charge in [-0.2, -0.15) is 5.26 Å². The van der Waals surface area contributed by atoms with Gasteiger partial charge in [0.25, 0.3) is 5.91 Å². The number of aromatic nitrogens is 3. The molecule has 0 aliphatic heterocycles. The molecule has 2 aromatic heterocycles. The topological polar surface area (TPSA) is 152 Å². The normalized spacial score (nSPS) is 11.1. The molecule has 1 aromatic carbocycles. The number of nitriles is 1. The molecule has 3 aromatic rings. The van der Waals surface area contributed by atoms with Gasteiger partial charge in [0.2, 0.25) is 0 Å². The SMILES string of the molecule is Cc1cc(S(C)(=O)=O)cc2c(Nc3cncc(C#N)c3)c(C(N)=O)nnc12. The number of carbonyl (C=O) groups is 1. The average Bonchev–Trinajstić information content (AvgIpc) is 2.61. The Labute approximate surface area is 154 Å². The van der Waals surface area contributed by atoms with Crippen molar-refractivity contribution in [2.45, 2.75) is 11.8 Å². The minimum absolute atomic E-state index is 0.0721. The molecule has 0 aliphatic rings. The Bertz CT molecular complexity index is 1230. The molecule has 0 atom stereocenters.